The number of ether oxygens (including phenoxy) is 2. The lowest BCUT2D eigenvalue weighted by atomic mass is 10.0. The zero-order chi connectivity index (χ0) is 12.2. The Kier molecular flexibility index (Phi) is 2.01. The predicted molar refractivity (Wildman–Crippen MR) is 63.2 cm³/mol. The molecule has 2 aliphatic rings. The van der Waals surface area contributed by atoms with Crippen LogP contribution >= 0.6 is 0 Å². The summed E-state index contributed by atoms with van der Waals surface area (Å²) >= 11 is 0. The van der Waals surface area contributed by atoms with Crippen molar-refractivity contribution in [1.29, 1.82) is 0 Å². The summed E-state index contributed by atoms with van der Waals surface area (Å²) in [4.78, 5) is 13.5. The second kappa shape index (κ2) is 3.23. The van der Waals surface area contributed by atoms with E-state index in [1.807, 2.05) is 25.1 Å². The summed E-state index contributed by atoms with van der Waals surface area (Å²) in [5.41, 5.74) is 1.73. The van der Waals surface area contributed by atoms with Crippen molar-refractivity contribution in [2.24, 2.45) is 0 Å². The van der Waals surface area contributed by atoms with E-state index in [4.69, 9.17) is 9.47 Å². The Labute approximate surface area is 100 Å². The van der Waals surface area contributed by atoms with Crippen LogP contribution in [-0.2, 0) is 15.1 Å². The molecule has 0 N–H and O–H groups in total. The van der Waals surface area contributed by atoms with E-state index >= 15 is 0 Å². The Morgan fingerprint density at radius 3 is 2.82 bits per heavy atom. The number of rotatable bonds is 1. The summed E-state index contributed by atoms with van der Waals surface area (Å²) in [5.74, 6) is 0.740. The van der Waals surface area contributed by atoms with E-state index in [-0.39, 0.29) is 11.5 Å². The number of benzene rings is 1. The molecule has 1 fully saturated rings. The van der Waals surface area contributed by atoms with Gasteiger partial charge in [-0.1, -0.05) is 6.07 Å². The lowest BCUT2D eigenvalue weighted by Gasteiger charge is -2.30. The van der Waals surface area contributed by atoms with Crippen molar-refractivity contribution in [3.8, 4) is 5.75 Å². The lowest BCUT2D eigenvalue weighted by molar-refractivity contribution is -0.125. The van der Waals surface area contributed by atoms with Crippen molar-refractivity contribution in [1.82, 2.24) is 0 Å². The van der Waals surface area contributed by atoms with Crippen LogP contribution in [0.1, 0.15) is 19.4 Å². The molecule has 17 heavy (non-hydrogen) atoms. The molecule has 0 aliphatic carbocycles. The molecule has 2 aliphatic heterocycles. The fourth-order valence-electron chi connectivity index (χ4n) is 2.12. The van der Waals surface area contributed by atoms with Crippen LogP contribution in [0.2, 0.25) is 0 Å². The highest BCUT2D eigenvalue weighted by Gasteiger charge is 2.42. The lowest BCUT2D eigenvalue weighted by Crippen LogP contribution is -2.42. The SMILES string of the molecule is CC1Oc2ccc(C3(C)CO3)cc2N(C)C1=O. The van der Waals surface area contributed by atoms with Crippen LogP contribution in [-0.4, -0.2) is 25.7 Å². The Balaban J connectivity index is 2.05. The number of likely N-dealkylation sites (N-methyl/N-ethyl adjacent to an activating group) is 1. The number of carbonyl (C=O) groups is 1. The van der Waals surface area contributed by atoms with Crippen LogP contribution in [0.5, 0.6) is 5.75 Å². The van der Waals surface area contributed by atoms with E-state index in [0.29, 0.717) is 0 Å². The number of hydrogen-bond acceptors (Lipinski definition) is 3. The number of nitrogens with zero attached hydrogens (tertiary/aromatic N) is 1. The van der Waals surface area contributed by atoms with E-state index in [1.165, 1.54) is 0 Å². The topological polar surface area (TPSA) is 42.1 Å². The van der Waals surface area contributed by atoms with Gasteiger partial charge in [-0.05, 0) is 31.5 Å². The Bertz CT molecular complexity index is 493. The van der Waals surface area contributed by atoms with Crippen molar-refractivity contribution < 1.29 is 14.3 Å². The molecule has 4 heteroatoms. The van der Waals surface area contributed by atoms with Crippen LogP contribution in [0.3, 0.4) is 0 Å². The molecule has 0 aromatic heterocycles. The first-order valence-electron chi connectivity index (χ1n) is 5.74. The maximum Gasteiger partial charge on any atom is 0.267 e. The predicted octanol–water partition coefficient (Wildman–Crippen LogP) is 1.68. The molecule has 1 aromatic carbocycles. The molecule has 2 atom stereocenters. The molecule has 1 amide bonds. The summed E-state index contributed by atoms with van der Waals surface area (Å²) in [6.07, 6.45) is -0.411. The summed E-state index contributed by atoms with van der Waals surface area (Å²) in [6, 6.07) is 5.89. The molecule has 0 bridgehead atoms. The zero-order valence-electron chi connectivity index (χ0n) is 10.2. The van der Waals surface area contributed by atoms with Crippen molar-refractivity contribution in [2.45, 2.75) is 25.6 Å². The minimum atomic E-state index is -0.411. The summed E-state index contributed by atoms with van der Waals surface area (Å²) in [5, 5.41) is 0. The van der Waals surface area contributed by atoms with Gasteiger partial charge in [0, 0.05) is 7.05 Å². The molecular weight excluding hydrogens is 218 g/mol. The molecule has 0 radical (unpaired) electrons. The summed E-state index contributed by atoms with van der Waals surface area (Å²) < 4.78 is 11.0. The second-order valence-electron chi connectivity index (χ2n) is 4.86. The molecule has 4 nitrogen and oxygen atoms in total. The van der Waals surface area contributed by atoms with Gasteiger partial charge >= 0.3 is 0 Å². The smallest absolute Gasteiger partial charge is 0.267 e. The van der Waals surface area contributed by atoms with E-state index in [9.17, 15) is 4.79 Å². The van der Waals surface area contributed by atoms with Gasteiger partial charge in [0.2, 0.25) is 0 Å². The van der Waals surface area contributed by atoms with Crippen LogP contribution in [0.15, 0.2) is 18.2 Å². The minimum Gasteiger partial charge on any atom is -0.479 e. The number of epoxide rings is 1. The van der Waals surface area contributed by atoms with Gasteiger partial charge in [-0.3, -0.25) is 4.79 Å². The Morgan fingerprint density at radius 1 is 1.47 bits per heavy atom. The standard InChI is InChI=1S/C13H15NO3/c1-8-12(15)14(3)10-6-9(13(2)7-16-13)4-5-11(10)17-8/h4-6,8H,7H2,1-3H3. The molecule has 90 valence electrons. The molecule has 2 unspecified atom stereocenters. The van der Waals surface area contributed by atoms with Crippen molar-refractivity contribution in [3.05, 3.63) is 23.8 Å². The second-order valence-corrected chi connectivity index (χ2v) is 4.86. The van der Waals surface area contributed by atoms with Crippen LogP contribution in [0, 0.1) is 0 Å². The fraction of sp³-hybridized carbons (Fsp3) is 0.462. The molecule has 2 heterocycles. The summed E-state index contributed by atoms with van der Waals surface area (Å²) in [6.45, 7) is 4.55. The molecule has 1 aromatic rings. The molecular formula is C13H15NO3. The van der Waals surface area contributed by atoms with Crippen molar-refractivity contribution in [3.63, 3.8) is 0 Å². The van der Waals surface area contributed by atoms with E-state index < -0.39 is 6.10 Å². The number of carbonyl (C=O) groups excluding carboxylic acids is 1. The van der Waals surface area contributed by atoms with Gasteiger partial charge in [-0.15, -0.1) is 0 Å². The van der Waals surface area contributed by atoms with Gasteiger partial charge in [-0.25, -0.2) is 0 Å². The van der Waals surface area contributed by atoms with Gasteiger partial charge in [0.05, 0.1) is 12.3 Å². The Morgan fingerprint density at radius 2 is 2.18 bits per heavy atom. The van der Waals surface area contributed by atoms with Crippen molar-refractivity contribution in [2.75, 3.05) is 18.6 Å². The quantitative estimate of drug-likeness (QED) is 0.693. The van der Waals surface area contributed by atoms with Crippen LogP contribution in [0.4, 0.5) is 5.69 Å². The molecule has 0 spiro atoms. The molecule has 0 saturated carbocycles. The van der Waals surface area contributed by atoms with Gasteiger partial charge in [-0.2, -0.15) is 0 Å². The maximum atomic E-state index is 11.8. The van der Waals surface area contributed by atoms with Gasteiger partial charge in [0.1, 0.15) is 11.4 Å². The highest BCUT2D eigenvalue weighted by atomic mass is 16.6. The number of anilines is 1. The number of fused-ring (bicyclic) bond motifs is 1. The number of hydrogen-bond donors (Lipinski definition) is 0. The monoisotopic (exact) mass is 233 g/mol. The highest BCUT2D eigenvalue weighted by Crippen LogP contribution is 2.42. The van der Waals surface area contributed by atoms with E-state index in [1.54, 1.807) is 18.9 Å². The van der Waals surface area contributed by atoms with Crippen LogP contribution < -0.4 is 9.64 Å². The van der Waals surface area contributed by atoms with E-state index in [2.05, 4.69) is 0 Å². The average molecular weight is 233 g/mol. The summed E-state index contributed by atoms with van der Waals surface area (Å²) in [7, 11) is 1.78. The minimum absolute atomic E-state index is 0.0171. The third-order valence-electron chi connectivity index (χ3n) is 3.49. The molecule has 1 saturated heterocycles. The van der Waals surface area contributed by atoms with Crippen molar-refractivity contribution >= 4 is 11.6 Å². The fourth-order valence-corrected chi connectivity index (χ4v) is 2.12. The number of amides is 1. The van der Waals surface area contributed by atoms with Gasteiger partial charge < -0.3 is 14.4 Å². The van der Waals surface area contributed by atoms with Gasteiger partial charge in [0.15, 0.2) is 6.10 Å². The van der Waals surface area contributed by atoms with Gasteiger partial charge in [0.25, 0.3) is 5.91 Å². The highest BCUT2D eigenvalue weighted by molar-refractivity contribution is 5.99. The maximum absolute atomic E-state index is 11.8. The third kappa shape index (κ3) is 1.52. The first-order valence-corrected chi connectivity index (χ1v) is 5.74. The van der Waals surface area contributed by atoms with E-state index in [0.717, 1.165) is 23.6 Å². The largest absolute Gasteiger partial charge is 0.479 e. The average Bonchev–Trinajstić information content (AvgIpc) is 3.05. The first-order chi connectivity index (χ1) is 8.01. The third-order valence-corrected chi connectivity index (χ3v) is 3.49. The van der Waals surface area contributed by atoms with Crippen LogP contribution in [0.25, 0.3) is 0 Å². The first kappa shape index (κ1) is 10.6. The zero-order valence-corrected chi connectivity index (χ0v) is 10.2. The Hall–Kier alpha value is -1.55. The molecule has 3 rings (SSSR count). The normalized spacial score (nSPS) is 30.9.